The van der Waals surface area contributed by atoms with Crippen molar-refractivity contribution in [3.05, 3.63) is 34.9 Å². The molecule has 0 bridgehead atoms. The number of hydrogen-bond donors (Lipinski definition) is 1. The van der Waals surface area contributed by atoms with E-state index >= 15 is 0 Å². The van der Waals surface area contributed by atoms with Crippen molar-refractivity contribution in [1.82, 2.24) is 5.32 Å². The van der Waals surface area contributed by atoms with E-state index in [2.05, 4.69) is 51.2 Å². The van der Waals surface area contributed by atoms with Gasteiger partial charge < -0.3 is 10.1 Å². The van der Waals surface area contributed by atoms with E-state index in [4.69, 9.17) is 4.74 Å². The SMILES string of the molecule is COC[C@@H](CC(C)C)NCc1ccc(C)c(C)c1. The maximum absolute atomic E-state index is 5.27. The average Bonchev–Trinajstić information content (AvgIpc) is 2.30. The van der Waals surface area contributed by atoms with Crippen LogP contribution >= 0.6 is 0 Å². The lowest BCUT2D eigenvalue weighted by Crippen LogP contribution is -2.34. The minimum absolute atomic E-state index is 0.441. The second kappa shape index (κ2) is 7.55. The molecule has 18 heavy (non-hydrogen) atoms. The standard InChI is InChI=1S/C16H27NO/c1-12(2)8-16(11-18-5)17-10-15-7-6-13(3)14(4)9-15/h6-7,9,12,16-17H,8,10-11H2,1-5H3/t16-/m1/s1. The maximum Gasteiger partial charge on any atom is 0.0616 e. The summed E-state index contributed by atoms with van der Waals surface area (Å²) in [6.45, 7) is 10.5. The highest BCUT2D eigenvalue weighted by molar-refractivity contribution is 5.29. The Balaban J connectivity index is 2.52. The Bertz CT molecular complexity index is 360. The van der Waals surface area contributed by atoms with Crippen molar-refractivity contribution in [3.63, 3.8) is 0 Å². The first-order valence-corrected chi connectivity index (χ1v) is 6.81. The molecule has 0 spiro atoms. The van der Waals surface area contributed by atoms with Crippen molar-refractivity contribution in [1.29, 1.82) is 0 Å². The molecule has 2 nitrogen and oxygen atoms in total. The highest BCUT2D eigenvalue weighted by Gasteiger charge is 2.10. The van der Waals surface area contributed by atoms with Crippen LogP contribution < -0.4 is 5.32 Å². The number of aryl methyl sites for hydroxylation is 2. The number of ether oxygens (including phenoxy) is 1. The first kappa shape index (κ1) is 15.2. The Morgan fingerprint density at radius 3 is 2.44 bits per heavy atom. The molecule has 1 atom stereocenters. The predicted molar refractivity (Wildman–Crippen MR) is 77.9 cm³/mol. The van der Waals surface area contributed by atoms with Gasteiger partial charge in [0.1, 0.15) is 0 Å². The van der Waals surface area contributed by atoms with Crippen LogP contribution in [0.4, 0.5) is 0 Å². The number of methoxy groups -OCH3 is 1. The van der Waals surface area contributed by atoms with Crippen molar-refractivity contribution < 1.29 is 4.74 Å². The van der Waals surface area contributed by atoms with Gasteiger partial charge in [0.2, 0.25) is 0 Å². The van der Waals surface area contributed by atoms with E-state index in [0.29, 0.717) is 12.0 Å². The van der Waals surface area contributed by atoms with E-state index in [9.17, 15) is 0 Å². The summed E-state index contributed by atoms with van der Waals surface area (Å²) in [5.74, 6) is 0.692. The summed E-state index contributed by atoms with van der Waals surface area (Å²) in [5.41, 5.74) is 4.07. The van der Waals surface area contributed by atoms with Crippen LogP contribution in [0.5, 0.6) is 0 Å². The minimum atomic E-state index is 0.441. The molecule has 0 aromatic heterocycles. The first-order chi connectivity index (χ1) is 8.52. The van der Waals surface area contributed by atoms with Gasteiger partial charge in [-0.15, -0.1) is 0 Å². The van der Waals surface area contributed by atoms with Gasteiger partial charge in [0, 0.05) is 19.7 Å². The fraction of sp³-hybridized carbons (Fsp3) is 0.625. The zero-order valence-corrected chi connectivity index (χ0v) is 12.4. The fourth-order valence-corrected chi connectivity index (χ4v) is 2.16. The molecule has 0 fully saturated rings. The van der Waals surface area contributed by atoms with Gasteiger partial charge in [-0.25, -0.2) is 0 Å². The summed E-state index contributed by atoms with van der Waals surface area (Å²) in [5, 5.41) is 3.59. The van der Waals surface area contributed by atoms with Crippen LogP contribution in [0.25, 0.3) is 0 Å². The molecule has 0 saturated carbocycles. The molecule has 102 valence electrons. The Morgan fingerprint density at radius 2 is 1.89 bits per heavy atom. The Labute approximate surface area is 112 Å². The average molecular weight is 249 g/mol. The first-order valence-electron chi connectivity index (χ1n) is 6.81. The molecule has 0 aliphatic rings. The molecular formula is C16H27NO. The zero-order valence-electron chi connectivity index (χ0n) is 12.4. The van der Waals surface area contributed by atoms with Gasteiger partial charge in [-0.05, 0) is 42.9 Å². The molecule has 0 amide bonds. The van der Waals surface area contributed by atoms with Gasteiger partial charge in [0.15, 0.2) is 0 Å². The lowest BCUT2D eigenvalue weighted by molar-refractivity contribution is 0.156. The summed E-state index contributed by atoms with van der Waals surface area (Å²) < 4.78 is 5.27. The summed E-state index contributed by atoms with van der Waals surface area (Å²) in [7, 11) is 1.77. The van der Waals surface area contributed by atoms with Gasteiger partial charge in [-0.1, -0.05) is 32.0 Å². The highest BCUT2D eigenvalue weighted by Crippen LogP contribution is 2.11. The summed E-state index contributed by atoms with van der Waals surface area (Å²) in [4.78, 5) is 0. The lowest BCUT2D eigenvalue weighted by Gasteiger charge is -2.20. The largest absolute Gasteiger partial charge is 0.383 e. The topological polar surface area (TPSA) is 21.3 Å². The third-order valence-corrected chi connectivity index (χ3v) is 3.29. The van der Waals surface area contributed by atoms with Crippen LogP contribution in [0.1, 0.15) is 37.0 Å². The van der Waals surface area contributed by atoms with Gasteiger partial charge in [-0.3, -0.25) is 0 Å². The molecule has 2 heteroatoms. The molecule has 0 aliphatic carbocycles. The van der Waals surface area contributed by atoms with Gasteiger partial charge in [0.25, 0.3) is 0 Å². The molecule has 0 aliphatic heterocycles. The van der Waals surface area contributed by atoms with Crippen LogP contribution in [0.2, 0.25) is 0 Å². The number of rotatable bonds is 7. The minimum Gasteiger partial charge on any atom is -0.383 e. The molecule has 0 saturated heterocycles. The molecule has 1 rings (SSSR count). The van der Waals surface area contributed by atoms with Crippen LogP contribution in [-0.4, -0.2) is 19.8 Å². The highest BCUT2D eigenvalue weighted by atomic mass is 16.5. The quantitative estimate of drug-likeness (QED) is 0.799. The van der Waals surface area contributed by atoms with Crippen molar-refractivity contribution >= 4 is 0 Å². The van der Waals surface area contributed by atoms with E-state index in [1.54, 1.807) is 7.11 Å². The second-order valence-electron chi connectivity index (χ2n) is 5.58. The summed E-state index contributed by atoms with van der Waals surface area (Å²) in [6.07, 6.45) is 1.15. The fourth-order valence-electron chi connectivity index (χ4n) is 2.16. The third kappa shape index (κ3) is 5.19. The van der Waals surface area contributed by atoms with Crippen molar-refractivity contribution in [2.45, 2.75) is 46.7 Å². The molecule has 0 heterocycles. The Kier molecular flexibility index (Phi) is 6.37. The lowest BCUT2D eigenvalue weighted by atomic mass is 10.0. The van der Waals surface area contributed by atoms with Crippen LogP contribution in [0.15, 0.2) is 18.2 Å². The number of benzene rings is 1. The van der Waals surface area contributed by atoms with E-state index in [0.717, 1.165) is 19.6 Å². The molecule has 1 aromatic rings. The third-order valence-electron chi connectivity index (χ3n) is 3.29. The molecular weight excluding hydrogens is 222 g/mol. The summed E-state index contributed by atoms with van der Waals surface area (Å²) in [6, 6.07) is 7.10. The van der Waals surface area contributed by atoms with E-state index in [1.807, 2.05) is 0 Å². The number of nitrogens with one attached hydrogen (secondary N) is 1. The van der Waals surface area contributed by atoms with E-state index < -0.39 is 0 Å². The van der Waals surface area contributed by atoms with Crippen molar-refractivity contribution in [3.8, 4) is 0 Å². The van der Waals surface area contributed by atoms with Crippen LogP contribution in [0.3, 0.4) is 0 Å². The second-order valence-corrected chi connectivity index (χ2v) is 5.58. The number of hydrogen-bond acceptors (Lipinski definition) is 2. The molecule has 0 radical (unpaired) electrons. The smallest absolute Gasteiger partial charge is 0.0616 e. The van der Waals surface area contributed by atoms with Crippen molar-refractivity contribution in [2.24, 2.45) is 5.92 Å². The molecule has 1 aromatic carbocycles. The van der Waals surface area contributed by atoms with E-state index in [1.165, 1.54) is 16.7 Å². The van der Waals surface area contributed by atoms with E-state index in [-0.39, 0.29) is 0 Å². The van der Waals surface area contributed by atoms with Gasteiger partial charge in [0.05, 0.1) is 6.61 Å². The predicted octanol–water partition coefficient (Wildman–Crippen LogP) is 3.45. The van der Waals surface area contributed by atoms with Crippen LogP contribution in [-0.2, 0) is 11.3 Å². The molecule has 0 unspecified atom stereocenters. The molecule has 1 N–H and O–H groups in total. The van der Waals surface area contributed by atoms with Crippen molar-refractivity contribution in [2.75, 3.05) is 13.7 Å². The van der Waals surface area contributed by atoms with Crippen LogP contribution in [0, 0.1) is 19.8 Å². The van der Waals surface area contributed by atoms with Gasteiger partial charge in [-0.2, -0.15) is 0 Å². The Morgan fingerprint density at radius 1 is 1.17 bits per heavy atom. The summed E-state index contributed by atoms with van der Waals surface area (Å²) >= 11 is 0. The zero-order chi connectivity index (χ0) is 13.5. The monoisotopic (exact) mass is 249 g/mol. The Hall–Kier alpha value is -0.860. The normalized spacial score (nSPS) is 13.0. The van der Waals surface area contributed by atoms with Gasteiger partial charge >= 0.3 is 0 Å². The maximum atomic E-state index is 5.27.